The van der Waals surface area contributed by atoms with E-state index in [9.17, 15) is 0 Å². The zero-order valence-electron chi connectivity index (χ0n) is 9.09. The third kappa shape index (κ3) is 1.40. The molecule has 16 heavy (non-hydrogen) atoms. The van der Waals surface area contributed by atoms with Crippen LogP contribution in [0, 0.1) is 0 Å². The molecule has 1 aromatic heterocycles. The van der Waals surface area contributed by atoms with E-state index in [0.717, 1.165) is 21.6 Å². The zero-order chi connectivity index (χ0) is 11.1. The summed E-state index contributed by atoms with van der Waals surface area (Å²) >= 11 is 6.43. The van der Waals surface area contributed by atoms with Gasteiger partial charge in [-0.15, -0.1) is 0 Å². The van der Waals surface area contributed by atoms with Gasteiger partial charge in [-0.25, -0.2) is 0 Å². The predicted molar refractivity (Wildman–Crippen MR) is 68.9 cm³/mol. The number of nitrogens with one attached hydrogen (secondary N) is 1. The molecule has 1 aliphatic carbocycles. The molecule has 0 amide bonds. The van der Waals surface area contributed by atoms with Crippen molar-refractivity contribution in [2.24, 2.45) is 0 Å². The zero-order valence-corrected chi connectivity index (χ0v) is 9.85. The summed E-state index contributed by atoms with van der Waals surface area (Å²) in [4.78, 5) is 3.43. The summed E-state index contributed by atoms with van der Waals surface area (Å²) in [6.07, 6.45) is 5.11. The Morgan fingerprint density at radius 1 is 1.25 bits per heavy atom. The number of hydrogen-bond acceptors (Lipinski definition) is 1. The minimum Gasteiger partial charge on any atom is -0.398 e. The largest absolute Gasteiger partial charge is 0.398 e. The lowest BCUT2D eigenvalue weighted by molar-refractivity contribution is 0.705. The van der Waals surface area contributed by atoms with Crippen molar-refractivity contribution < 1.29 is 0 Å². The van der Waals surface area contributed by atoms with Gasteiger partial charge in [0, 0.05) is 28.2 Å². The lowest BCUT2D eigenvalue weighted by atomic mass is 10.0. The molecule has 0 spiro atoms. The summed E-state index contributed by atoms with van der Waals surface area (Å²) in [5, 5.41) is 1.83. The number of nitrogens with two attached hydrogens (primary N) is 1. The number of nitrogen functional groups attached to an aromatic ring is 1. The normalized spacial score (nSPS) is 17.3. The van der Waals surface area contributed by atoms with E-state index in [-0.39, 0.29) is 0 Å². The van der Waals surface area contributed by atoms with Gasteiger partial charge in [0.05, 0.1) is 5.02 Å². The van der Waals surface area contributed by atoms with Crippen LogP contribution in [0.2, 0.25) is 5.02 Å². The molecular weight excluding hydrogens is 220 g/mol. The second-order valence-electron chi connectivity index (χ2n) is 4.60. The van der Waals surface area contributed by atoms with Crippen LogP contribution in [0.5, 0.6) is 0 Å². The summed E-state index contributed by atoms with van der Waals surface area (Å²) in [6.45, 7) is 0. The van der Waals surface area contributed by atoms with Crippen LogP contribution in [0.1, 0.15) is 37.3 Å². The number of benzene rings is 1. The van der Waals surface area contributed by atoms with E-state index in [1.807, 2.05) is 18.2 Å². The van der Waals surface area contributed by atoms with E-state index in [4.69, 9.17) is 17.3 Å². The molecule has 0 saturated heterocycles. The van der Waals surface area contributed by atoms with Crippen LogP contribution in [0.3, 0.4) is 0 Å². The van der Waals surface area contributed by atoms with Crippen LogP contribution >= 0.6 is 11.6 Å². The molecule has 0 atom stereocenters. The minimum atomic E-state index is 0.597. The fourth-order valence-electron chi connectivity index (χ4n) is 2.75. The molecule has 1 aromatic carbocycles. The fourth-order valence-corrected chi connectivity index (χ4v) is 3.16. The first kappa shape index (κ1) is 10.0. The Morgan fingerprint density at radius 2 is 2.00 bits per heavy atom. The van der Waals surface area contributed by atoms with Gasteiger partial charge in [-0.1, -0.05) is 30.5 Å². The molecule has 2 aromatic rings. The molecule has 84 valence electrons. The van der Waals surface area contributed by atoms with Crippen molar-refractivity contribution in [2.45, 2.75) is 31.6 Å². The van der Waals surface area contributed by atoms with Gasteiger partial charge in [0.2, 0.25) is 0 Å². The maximum atomic E-state index is 6.43. The first-order valence-corrected chi connectivity index (χ1v) is 6.20. The number of H-pyrrole nitrogens is 1. The summed E-state index contributed by atoms with van der Waals surface area (Å²) < 4.78 is 0. The molecule has 0 bridgehead atoms. The number of rotatable bonds is 1. The Balaban J connectivity index is 2.19. The molecule has 1 aliphatic rings. The van der Waals surface area contributed by atoms with Gasteiger partial charge in [0.1, 0.15) is 0 Å². The molecule has 3 heteroatoms. The van der Waals surface area contributed by atoms with E-state index < -0.39 is 0 Å². The molecule has 3 N–H and O–H groups in total. The van der Waals surface area contributed by atoms with E-state index >= 15 is 0 Å². The Labute approximate surface area is 99.8 Å². The molecule has 0 unspecified atom stereocenters. The molecule has 1 heterocycles. The topological polar surface area (TPSA) is 41.8 Å². The van der Waals surface area contributed by atoms with Gasteiger partial charge >= 0.3 is 0 Å². The average molecular weight is 235 g/mol. The number of aromatic nitrogens is 1. The Hall–Kier alpha value is -1.15. The van der Waals surface area contributed by atoms with Crippen LogP contribution in [-0.4, -0.2) is 4.98 Å². The Kier molecular flexibility index (Phi) is 2.32. The number of fused-ring (bicyclic) bond motifs is 1. The fraction of sp³-hybridized carbons (Fsp3) is 0.385. The van der Waals surface area contributed by atoms with Crippen LogP contribution in [0.4, 0.5) is 5.69 Å². The van der Waals surface area contributed by atoms with Crippen LogP contribution in [-0.2, 0) is 0 Å². The molecule has 3 rings (SSSR count). The molecular formula is C13H15ClN2. The molecule has 2 nitrogen and oxygen atoms in total. The van der Waals surface area contributed by atoms with Gasteiger partial charge < -0.3 is 10.7 Å². The van der Waals surface area contributed by atoms with Gasteiger partial charge in [0.15, 0.2) is 0 Å². The van der Waals surface area contributed by atoms with Crippen molar-refractivity contribution in [3.8, 4) is 0 Å². The van der Waals surface area contributed by atoms with Crippen molar-refractivity contribution in [2.75, 3.05) is 5.73 Å². The maximum absolute atomic E-state index is 6.43. The van der Waals surface area contributed by atoms with Crippen LogP contribution in [0.25, 0.3) is 10.9 Å². The highest BCUT2D eigenvalue weighted by atomic mass is 35.5. The van der Waals surface area contributed by atoms with Crippen molar-refractivity contribution in [3.05, 3.63) is 28.9 Å². The second-order valence-corrected chi connectivity index (χ2v) is 4.98. The SMILES string of the molecule is Nc1cccc2[nH]c(C3CCCC3)c(Cl)c12. The average Bonchev–Trinajstić information content (AvgIpc) is 2.86. The summed E-state index contributed by atoms with van der Waals surface area (Å²) in [5.41, 5.74) is 8.98. The third-order valence-corrected chi connectivity index (χ3v) is 3.98. The van der Waals surface area contributed by atoms with Crippen LogP contribution < -0.4 is 5.73 Å². The lowest BCUT2D eigenvalue weighted by Crippen LogP contribution is -1.92. The van der Waals surface area contributed by atoms with Gasteiger partial charge in [0.25, 0.3) is 0 Å². The summed E-state index contributed by atoms with van der Waals surface area (Å²) in [6, 6.07) is 5.90. The molecule has 1 fully saturated rings. The Morgan fingerprint density at radius 3 is 2.69 bits per heavy atom. The van der Waals surface area contributed by atoms with Crippen molar-refractivity contribution in [3.63, 3.8) is 0 Å². The summed E-state index contributed by atoms with van der Waals surface area (Å²) in [7, 11) is 0. The third-order valence-electron chi connectivity index (χ3n) is 3.59. The Bertz CT molecular complexity index is 524. The van der Waals surface area contributed by atoms with E-state index in [1.165, 1.54) is 31.4 Å². The first-order valence-electron chi connectivity index (χ1n) is 5.83. The first-order chi connectivity index (χ1) is 7.77. The monoisotopic (exact) mass is 234 g/mol. The number of hydrogen-bond donors (Lipinski definition) is 2. The van der Waals surface area contributed by atoms with Crippen molar-refractivity contribution in [1.29, 1.82) is 0 Å². The van der Waals surface area contributed by atoms with Gasteiger partial charge in [-0.05, 0) is 25.0 Å². The molecule has 1 saturated carbocycles. The highest BCUT2D eigenvalue weighted by Crippen LogP contribution is 2.41. The van der Waals surface area contributed by atoms with Crippen molar-refractivity contribution in [1.82, 2.24) is 4.98 Å². The molecule has 0 aliphatic heterocycles. The minimum absolute atomic E-state index is 0.597. The van der Waals surface area contributed by atoms with Gasteiger partial charge in [-0.2, -0.15) is 0 Å². The highest BCUT2D eigenvalue weighted by molar-refractivity contribution is 6.37. The smallest absolute Gasteiger partial charge is 0.0715 e. The number of halogens is 1. The maximum Gasteiger partial charge on any atom is 0.0715 e. The second kappa shape index (κ2) is 3.70. The van der Waals surface area contributed by atoms with Gasteiger partial charge in [-0.3, -0.25) is 0 Å². The summed E-state index contributed by atoms with van der Waals surface area (Å²) in [5.74, 6) is 0.597. The highest BCUT2D eigenvalue weighted by Gasteiger charge is 2.23. The van der Waals surface area contributed by atoms with Crippen molar-refractivity contribution >= 4 is 28.2 Å². The van der Waals surface area contributed by atoms with E-state index in [2.05, 4.69) is 4.98 Å². The molecule has 0 radical (unpaired) electrons. The van der Waals surface area contributed by atoms with E-state index in [0.29, 0.717) is 5.92 Å². The van der Waals surface area contributed by atoms with Crippen LogP contribution in [0.15, 0.2) is 18.2 Å². The number of anilines is 1. The van der Waals surface area contributed by atoms with E-state index in [1.54, 1.807) is 0 Å². The standard InChI is InChI=1S/C13H15ClN2/c14-12-11-9(15)6-3-7-10(11)16-13(12)8-4-1-2-5-8/h3,6-8,16H,1-2,4-5,15H2. The number of aromatic amines is 1. The quantitative estimate of drug-likeness (QED) is 0.718. The lowest BCUT2D eigenvalue weighted by Gasteiger charge is -2.06. The predicted octanol–water partition coefficient (Wildman–Crippen LogP) is 4.06.